The molecule has 3 aliphatic heterocycles. The van der Waals surface area contributed by atoms with E-state index in [-0.39, 0.29) is 132 Å². The van der Waals surface area contributed by atoms with E-state index in [1.807, 2.05) is 0 Å². The van der Waals surface area contributed by atoms with Gasteiger partial charge in [0.1, 0.15) is 85.1 Å². The van der Waals surface area contributed by atoms with Gasteiger partial charge in [0, 0.05) is 64.8 Å². The maximum atomic E-state index is 13.7. The fourth-order valence-corrected chi connectivity index (χ4v) is 10.1. The van der Waals surface area contributed by atoms with Crippen LogP contribution in [0.1, 0.15) is 81.1 Å². The van der Waals surface area contributed by atoms with Crippen LogP contribution in [0.4, 0.5) is 0 Å². The van der Waals surface area contributed by atoms with E-state index >= 15 is 0 Å². The molecule has 552 valence electrons. The van der Waals surface area contributed by atoms with Crippen molar-refractivity contribution < 1.29 is 141 Å². The monoisotopic (exact) mass is 1410 g/mol. The maximum Gasteiger partial charge on any atom is 0.242 e. The van der Waals surface area contributed by atoms with E-state index in [2.05, 4.69) is 42.5 Å². The molecule has 0 bridgehead atoms. The molecule has 18 atom stereocenters. The van der Waals surface area contributed by atoms with Gasteiger partial charge in [-0.3, -0.25) is 38.4 Å². The summed E-state index contributed by atoms with van der Waals surface area (Å²) in [5.74, 6) is -5.19. The predicted molar refractivity (Wildman–Crippen MR) is 330 cm³/mol. The van der Waals surface area contributed by atoms with Gasteiger partial charge >= 0.3 is 0 Å². The zero-order valence-corrected chi connectivity index (χ0v) is 55.3. The Morgan fingerprint density at radius 3 is 1.12 bits per heavy atom. The molecule has 17 N–H and O–H groups in total. The molecule has 3 heterocycles. The first kappa shape index (κ1) is 86.7. The molecule has 0 spiro atoms. The van der Waals surface area contributed by atoms with Gasteiger partial charge in [-0.15, -0.1) is 0 Å². The van der Waals surface area contributed by atoms with Gasteiger partial charge < -0.3 is 145 Å². The number of amides is 8. The normalized spacial score (nSPS) is 27.3. The summed E-state index contributed by atoms with van der Waals surface area (Å²) < 4.78 is 60.9. The largest absolute Gasteiger partial charge is 0.800 e. The third-order valence-corrected chi connectivity index (χ3v) is 18.5. The topological polar surface area (TPSA) is 539 Å². The molecule has 3 rings (SSSR count). The second-order valence-electron chi connectivity index (χ2n) is 22.9. The van der Waals surface area contributed by atoms with Crippen LogP contribution in [0.15, 0.2) is 0 Å². The lowest BCUT2D eigenvalue weighted by Crippen LogP contribution is -2.64. The van der Waals surface area contributed by atoms with Crippen LogP contribution in [-0.4, -0.2) is 321 Å². The second kappa shape index (κ2) is 45.3. The van der Waals surface area contributed by atoms with Crippen molar-refractivity contribution in [2.24, 2.45) is 0 Å². The van der Waals surface area contributed by atoms with Crippen molar-refractivity contribution in [1.82, 2.24) is 42.5 Å². The van der Waals surface area contributed by atoms with E-state index < -0.39 is 189 Å². The Morgan fingerprint density at radius 1 is 0.463 bits per heavy atom. The number of carbonyl (C=O) groups is 8. The lowest BCUT2D eigenvalue weighted by Gasteiger charge is -2.42. The highest BCUT2D eigenvalue weighted by Gasteiger charge is 2.48. The first-order chi connectivity index (χ1) is 44.5. The van der Waals surface area contributed by atoms with Crippen LogP contribution < -0.4 is 47.4 Å². The number of nitrogens with one attached hydrogen (secondary N) is 8. The van der Waals surface area contributed by atoms with Crippen molar-refractivity contribution in [3.63, 3.8) is 0 Å². The molecule has 0 aromatic heterocycles. The number of hydrogen-bond donors (Lipinski definition) is 17. The Balaban J connectivity index is 0.0000307. The molecule has 3 saturated heterocycles. The minimum atomic E-state index is -3.41. The van der Waals surface area contributed by atoms with Gasteiger partial charge in [-0.05, 0) is 19.3 Å². The molecule has 3 aliphatic rings. The highest BCUT2D eigenvalue weighted by atomic mass is 32.5. The number of rotatable bonds is 44. The van der Waals surface area contributed by atoms with Crippen LogP contribution in [0.3, 0.4) is 0 Å². The fourth-order valence-electron chi connectivity index (χ4n) is 9.20. The van der Waals surface area contributed by atoms with Crippen LogP contribution >= 0.6 is 6.49 Å². The Morgan fingerprint density at radius 2 is 0.779 bits per heavy atom. The molecule has 8 amide bonds. The highest BCUT2D eigenvalue weighted by Crippen LogP contribution is 2.51. The van der Waals surface area contributed by atoms with Gasteiger partial charge in [0.25, 0.3) is 0 Å². The van der Waals surface area contributed by atoms with E-state index in [1.54, 1.807) is 20.8 Å². The number of ether oxygens (including phenoxy) is 10. The Hall–Kier alpha value is -4.43. The molecule has 95 heavy (non-hydrogen) atoms. The molecule has 0 radical (unpaired) electrons. The number of aliphatic hydroxyl groups excluding tert-OH is 9. The third-order valence-electron chi connectivity index (χ3n) is 14.3. The van der Waals surface area contributed by atoms with Crippen molar-refractivity contribution >= 4 is 65.6 Å². The van der Waals surface area contributed by atoms with Gasteiger partial charge in [0.05, 0.1) is 99.1 Å². The zero-order valence-electron chi connectivity index (χ0n) is 53.6. The SMILES string of the molecule is C.CC(=O)NC1C(OCCOCCNC(=O)CCC(NC(=O)CCC(NC(=O)CCOCCOP([O-])(=S)C(C)(C)C)C(=O)NCCOCCOC2OC(CO)C(O)C(O)C2NC(C)=O)C(=O)NCCOCCOC2OC(CO)C(O)C(O)C2NC(C)=O)OC(CO)C(O)C1O. The van der Waals surface area contributed by atoms with E-state index in [4.69, 9.17) is 63.7 Å². The van der Waals surface area contributed by atoms with Gasteiger partial charge in [0.15, 0.2) is 18.9 Å². The van der Waals surface area contributed by atoms with Crippen LogP contribution in [0.25, 0.3) is 0 Å². The van der Waals surface area contributed by atoms with E-state index in [9.17, 15) is 89.2 Å². The molecule has 0 saturated carbocycles. The Bertz CT molecular complexity index is 2380. The number of carbonyl (C=O) groups excluding carboxylic acids is 8. The highest BCUT2D eigenvalue weighted by molar-refractivity contribution is 8.09. The smallest absolute Gasteiger partial charge is 0.242 e. The predicted octanol–water partition coefficient (Wildman–Crippen LogP) is -8.68. The summed E-state index contributed by atoms with van der Waals surface area (Å²) in [7, 11) is 0. The summed E-state index contributed by atoms with van der Waals surface area (Å²) in [6.07, 6.45) is -18.3. The molecule has 0 aromatic rings. The average Bonchev–Trinajstić information content (AvgIpc) is 0.878. The molecule has 0 aliphatic carbocycles. The van der Waals surface area contributed by atoms with Crippen LogP contribution in [0.5, 0.6) is 0 Å². The van der Waals surface area contributed by atoms with Gasteiger partial charge in [-0.25, -0.2) is 0 Å². The quantitative estimate of drug-likeness (QED) is 0.0199. The van der Waals surface area contributed by atoms with Gasteiger partial charge in [-0.2, -0.15) is 0 Å². The van der Waals surface area contributed by atoms with Crippen molar-refractivity contribution in [3.05, 3.63) is 0 Å². The minimum Gasteiger partial charge on any atom is -0.800 e. The summed E-state index contributed by atoms with van der Waals surface area (Å²) in [4.78, 5) is 115. The van der Waals surface area contributed by atoms with Crippen LogP contribution in [0.2, 0.25) is 0 Å². The minimum absolute atomic E-state index is 0. The lowest BCUT2D eigenvalue weighted by molar-refractivity contribution is -0.272. The van der Waals surface area contributed by atoms with E-state index in [0.29, 0.717) is 0 Å². The maximum absolute atomic E-state index is 13.7. The van der Waals surface area contributed by atoms with Gasteiger partial charge in [-0.1, -0.05) is 40.0 Å². The second-order valence-corrected chi connectivity index (χ2v) is 26.9. The van der Waals surface area contributed by atoms with E-state index in [0.717, 1.165) is 0 Å². The summed E-state index contributed by atoms with van der Waals surface area (Å²) in [6.45, 7) is 1.43. The number of aliphatic hydroxyl groups is 9. The zero-order chi connectivity index (χ0) is 70.1. The van der Waals surface area contributed by atoms with Crippen molar-refractivity contribution in [3.8, 4) is 0 Å². The van der Waals surface area contributed by atoms with E-state index in [1.165, 1.54) is 20.8 Å². The molecule has 3 fully saturated rings. The Kier molecular flexibility index (Phi) is 41.3. The summed E-state index contributed by atoms with van der Waals surface area (Å²) >= 11 is 5.11. The average molecular weight is 1410 g/mol. The first-order valence-electron chi connectivity index (χ1n) is 30.7. The molecule has 18 unspecified atom stereocenters. The van der Waals surface area contributed by atoms with Crippen LogP contribution in [-0.2, 0) is 102 Å². The van der Waals surface area contributed by atoms with Crippen LogP contribution in [0, 0.1) is 0 Å². The Labute approximate surface area is 556 Å². The van der Waals surface area contributed by atoms with Crippen molar-refractivity contribution in [2.45, 2.75) is 190 Å². The molecular formula is C56H102N8O29PS-. The lowest BCUT2D eigenvalue weighted by atomic mass is 9.97. The van der Waals surface area contributed by atoms with Crippen molar-refractivity contribution in [1.29, 1.82) is 0 Å². The number of hydrogen-bond acceptors (Lipinski definition) is 30. The summed E-state index contributed by atoms with van der Waals surface area (Å²) in [5.41, 5.74) is 0. The first-order valence-corrected chi connectivity index (χ1v) is 33.3. The fraction of sp³-hybridized carbons (Fsp3) is 0.857. The molecule has 39 heteroatoms. The molecular weight excluding hydrogens is 1310 g/mol. The third kappa shape index (κ3) is 31.1. The molecule has 37 nitrogen and oxygen atoms in total. The molecule has 0 aromatic carbocycles. The standard InChI is InChI=1S/C55H99N8O29PS.CH4/c1-30(67)59-41-47(76)44(73)35(27-64)90-52(41)86-23-19-83-16-12-56-38(70)9-7-33(50(79)57-13-17-84-20-24-87-53-42(60-31(2)68)48(77)45(74)36(28-65)91-53)62-39(71)10-8-34(63-40(72)11-15-82-22-26-89-93(81,94)55(4,5)6)51(80)58-14-18-85-21-25-88-54-43(61-32(3)69)49(78)46(75)37(29-66)92-54;/h33-37,41-49,52-54,64-66,73-78H,7-29H2,1-6H3,(H,56,70)(H,57,79)(H,58,80)(H,59,67)(H,60,68)(H,61,69)(H,62,71)(H,63,72)(H,81,94);1H4/p-1. The summed E-state index contributed by atoms with van der Waals surface area (Å²) in [6, 6.07) is -6.29. The van der Waals surface area contributed by atoms with Crippen molar-refractivity contribution in [2.75, 3.05) is 119 Å². The summed E-state index contributed by atoms with van der Waals surface area (Å²) in [5, 5.41) is 111. The van der Waals surface area contributed by atoms with Gasteiger partial charge in [0.2, 0.25) is 47.3 Å².